The summed E-state index contributed by atoms with van der Waals surface area (Å²) in [5, 5.41) is 3.49. The quantitative estimate of drug-likeness (QED) is 0.357. The Morgan fingerprint density at radius 1 is 1.42 bits per heavy atom. The molecule has 2 rings (SSSR count). The fourth-order valence-corrected chi connectivity index (χ4v) is 4.08. The highest BCUT2D eigenvalue weighted by Crippen LogP contribution is 2.46. The molecule has 2 aliphatic rings. The zero-order chi connectivity index (χ0) is 17.7. The van der Waals surface area contributed by atoms with E-state index in [1.165, 1.54) is 19.3 Å². The number of allylic oxidation sites excluding steroid dienone is 7. The van der Waals surface area contributed by atoms with Crippen molar-refractivity contribution in [3.8, 4) is 0 Å². The normalized spacial score (nSPS) is 24.2. The minimum absolute atomic E-state index is 0.135. The molecule has 1 N–H and O–H groups in total. The molecule has 2 atom stereocenters. The molecule has 0 aromatic heterocycles. The average Bonchev–Trinajstić information content (AvgIpc) is 3.15. The van der Waals surface area contributed by atoms with Gasteiger partial charge in [0.2, 0.25) is 0 Å². The van der Waals surface area contributed by atoms with Crippen molar-refractivity contribution in [2.45, 2.75) is 59.8 Å². The molecule has 2 heteroatoms. The molecule has 1 saturated carbocycles. The first kappa shape index (κ1) is 18.5. The molecule has 2 unspecified atom stereocenters. The van der Waals surface area contributed by atoms with Gasteiger partial charge in [0.25, 0.3) is 0 Å². The van der Waals surface area contributed by atoms with E-state index in [1.54, 1.807) is 12.5 Å². The van der Waals surface area contributed by atoms with Crippen molar-refractivity contribution < 1.29 is 4.79 Å². The molecule has 0 aliphatic heterocycles. The van der Waals surface area contributed by atoms with Crippen molar-refractivity contribution in [2.24, 2.45) is 11.8 Å². The highest BCUT2D eigenvalue weighted by Gasteiger charge is 2.33. The minimum atomic E-state index is 0.135. The first-order valence-corrected chi connectivity index (χ1v) is 9.17. The Morgan fingerprint density at radius 2 is 2.17 bits per heavy atom. The van der Waals surface area contributed by atoms with Crippen molar-refractivity contribution in [1.82, 2.24) is 5.32 Å². The van der Waals surface area contributed by atoms with Crippen molar-refractivity contribution in [3.63, 3.8) is 0 Å². The van der Waals surface area contributed by atoms with Crippen LogP contribution in [-0.4, -0.2) is 5.78 Å². The predicted molar refractivity (Wildman–Crippen MR) is 102 cm³/mol. The summed E-state index contributed by atoms with van der Waals surface area (Å²) < 4.78 is 0. The van der Waals surface area contributed by atoms with Gasteiger partial charge in [-0.05, 0) is 64.7 Å². The Bertz CT molecular complexity index is 630. The third-order valence-electron chi connectivity index (χ3n) is 5.20. The van der Waals surface area contributed by atoms with Crippen molar-refractivity contribution >= 4 is 5.78 Å². The molecule has 2 aliphatic carbocycles. The smallest absolute Gasteiger partial charge is 0.156 e. The van der Waals surface area contributed by atoms with Crippen LogP contribution in [0.4, 0.5) is 0 Å². The molecular weight excluding hydrogens is 294 g/mol. The Balaban J connectivity index is 2.12. The zero-order valence-corrected chi connectivity index (χ0v) is 15.6. The van der Waals surface area contributed by atoms with E-state index in [9.17, 15) is 4.79 Å². The van der Waals surface area contributed by atoms with E-state index >= 15 is 0 Å². The minimum Gasteiger partial charge on any atom is -0.359 e. The molecule has 24 heavy (non-hydrogen) atoms. The molecule has 0 saturated heterocycles. The maximum Gasteiger partial charge on any atom is 0.156 e. The Hall–Kier alpha value is -1.83. The van der Waals surface area contributed by atoms with Gasteiger partial charge >= 0.3 is 0 Å². The lowest BCUT2D eigenvalue weighted by Gasteiger charge is -2.21. The first-order valence-electron chi connectivity index (χ1n) is 9.17. The SMILES string of the molecule is C=C(CC1CC2CC=C1C2)NC(=C/C)/C(C=CC)=C(\CC)C(C)=O. The molecule has 1 fully saturated rings. The molecule has 130 valence electrons. The van der Waals surface area contributed by atoms with Gasteiger partial charge in [0.1, 0.15) is 0 Å². The Morgan fingerprint density at radius 3 is 2.62 bits per heavy atom. The van der Waals surface area contributed by atoms with E-state index in [1.807, 2.05) is 39.0 Å². The first-order chi connectivity index (χ1) is 11.5. The molecule has 0 aromatic rings. The molecule has 0 spiro atoms. The number of fused-ring (bicyclic) bond motifs is 2. The van der Waals surface area contributed by atoms with Gasteiger partial charge in [0.15, 0.2) is 5.78 Å². The van der Waals surface area contributed by atoms with Crippen LogP contribution in [0.25, 0.3) is 0 Å². The van der Waals surface area contributed by atoms with Crippen LogP contribution in [0.15, 0.2) is 59.0 Å². The van der Waals surface area contributed by atoms with Crippen LogP contribution in [-0.2, 0) is 4.79 Å². The summed E-state index contributed by atoms with van der Waals surface area (Å²) in [7, 11) is 0. The summed E-state index contributed by atoms with van der Waals surface area (Å²) in [5.41, 5.74) is 5.52. The largest absolute Gasteiger partial charge is 0.359 e. The van der Waals surface area contributed by atoms with Gasteiger partial charge in [0, 0.05) is 22.5 Å². The van der Waals surface area contributed by atoms with Crippen LogP contribution in [0.5, 0.6) is 0 Å². The van der Waals surface area contributed by atoms with Gasteiger partial charge < -0.3 is 5.32 Å². The number of rotatable bonds is 8. The van der Waals surface area contributed by atoms with Gasteiger partial charge in [-0.25, -0.2) is 0 Å². The lowest BCUT2D eigenvalue weighted by Crippen LogP contribution is -2.18. The van der Waals surface area contributed by atoms with Crippen LogP contribution in [0.1, 0.15) is 59.8 Å². The summed E-state index contributed by atoms with van der Waals surface area (Å²) in [6, 6.07) is 0. The summed E-state index contributed by atoms with van der Waals surface area (Å²) in [5.74, 6) is 1.67. The Labute approximate surface area is 147 Å². The maximum atomic E-state index is 12.0. The third-order valence-corrected chi connectivity index (χ3v) is 5.20. The highest BCUT2D eigenvalue weighted by atomic mass is 16.1. The number of Topliss-reactive ketones (excluding diaryl/α,β-unsaturated/α-hetero) is 1. The second-order valence-electron chi connectivity index (χ2n) is 6.95. The van der Waals surface area contributed by atoms with Gasteiger partial charge in [-0.3, -0.25) is 4.79 Å². The van der Waals surface area contributed by atoms with Gasteiger partial charge in [0.05, 0.1) is 0 Å². The van der Waals surface area contributed by atoms with Gasteiger partial charge in [-0.2, -0.15) is 0 Å². The topological polar surface area (TPSA) is 29.1 Å². The lowest BCUT2D eigenvalue weighted by molar-refractivity contribution is -0.113. The molecule has 2 bridgehead atoms. The predicted octanol–water partition coefficient (Wildman–Crippen LogP) is 5.61. The molecule has 0 aromatic carbocycles. The average molecular weight is 325 g/mol. The van der Waals surface area contributed by atoms with Crippen molar-refractivity contribution in [2.75, 3.05) is 0 Å². The second-order valence-corrected chi connectivity index (χ2v) is 6.95. The van der Waals surface area contributed by atoms with Crippen LogP contribution >= 0.6 is 0 Å². The molecular formula is C22H31NO. The number of nitrogens with one attached hydrogen (secondary N) is 1. The number of hydrogen-bond acceptors (Lipinski definition) is 2. The summed E-state index contributed by atoms with van der Waals surface area (Å²) in [4.78, 5) is 12.0. The number of carbonyl (C=O) groups excluding carboxylic acids is 1. The van der Waals surface area contributed by atoms with Gasteiger partial charge in [-0.1, -0.05) is 43.4 Å². The van der Waals surface area contributed by atoms with E-state index in [2.05, 4.69) is 18.0 Å². The fourth-order valence-electron chi connectivity index (χ4n) is 4.08. The zero-order valence-electron chi connectivity index (χ0n) is 15.6. The van der Waals surface area contributed by atoms with Crippen molar-refractivity contribution in [3.05, 3.63) is 59.0 Å². The highest BCUT2D eigenvalue weighted by molar-refractivity contribution is 5.95. The van der Waals surface area contributed by atoms with Crippen molar-refractivity contribution in [1.29, 1.82) is 0 Å². The number of carbonyl (C=O) groups is 1. The van der Waals surface area contributed by atoms with E-state index in [0.29, 0.717) is 5.92 Å². The molecule has 0 radical (unpaired) electrons. The summed E-state index contributed by atoms with van der Waals surface area (Å²) >= 11 is 0. The van der Waals surface area contributed by atoms with E-state index in [-0.39, 0.29) is 5.78 Å². The lowest BCUT2D eigenvalue weighted by atomic mass is 9.91. The van der Waals surface area contributed by atoms with E-state index in [4.69, 9.17) is 0 Å². The monoisotopic (exact) mass is 325 g/mol. The number of hydrogen-bond donors (Lipinski definition) is 1. The Kier molecular flexibility index (Phi) is 6.42. The maximum absolute atomic E-state index is 12.0. The van der Waals surface area contributed by atoms with Crippen LogP contribution in [0, 0.1) is 11.8 Å². The molecule has 0 amide bonds. The van der Waals surface area contributed by atoms with Crippen LogP contribution in [0.3, 0.4) is 0 Å². The van der Waals surface area contributed by atoms with Crippen LogP contribution in [0.2, 0.25) is 0 Å². The standard InChI is InChI=1S/C22H31NO/c1-6-9-21(20(7-2)16(5)24)22(8-3)23-15(4)12-19-14-17-10-11-18(19)13-17/h6,8-9,11,17,19,23H,4,7,10,12-14H2,1-3,5H3/b9-6?,21-20+,22-8+. The number of ketones is 1. The van der Waals surface area contributed by atoms with Crippen LogP contribution < -0.4 is 5.32 Å². The second kappa shape index (κ2) is 8.32. The van der Waals surface area contributed by atoms with E-state index in [0.717, 1.165) is 41.3 Å². The summed E-state index contributed by atoms with van der Waals surface area (Å²) in [6.45, 7) is 11.9. The van der Waals surface area contributed by atoms with Gasteiger partial charge in [-0.15, -0.1) is 0 Å². The fraction of sp³-hybridized carbons (Fsp3) is 0.500. The van der Waals surface area contributed by atoms with E-state index < -0.39 is 0 Å². The molecule has 2 nitrogen and oxygen atoms in total. The molecule has 0 heterocycles. The summed E-state index contributed by atoms with van der Waals surface area (Å²) in [6.07, 6.45) is 14.1. The third kappa shape index (κ3) is 4.17.